The Kier molecular flexibility index (Phi) is 3.78. The van der Waals surface area contributed by atoms with Gasteiger partial charge in [0, 0.05) is 27.4 Å². The fourth-order valence-electron chi connectivity index (χ4n) is 1.67. The van der Waals surface area contributed by atoms with Gasteiger partial charge in [-0.2, -0.15) is 0 Å². The molecule has 1 unspecified atom stereocenters. The maximum absolute atomic E-state index is 5.97. The van der Waals surface area contributed by atoms with Crippen LogP contribution in [-0.4, -0.2) is 25.4 Å². The van der Waals surface area contributed by atoms with Gasteiger partial charge in [-0.15, -0.1) is 11.8 Å². The molecule has 1 aromatic carbocycles. The molecule has 0 bridgehead atoms. The lowest BCUT2D eigenvalue weighted by atomic mass is 10.2. The molecule has 0 spiro atoms. The average Bonchev–Trinajstić information content (AvgIpc) is 2.25. The van der Waals surface area contributed by atoms with Crippen molar-refractivity contribution in [2.45, 2.75) is 17.4 Å². The Hall–Kier alpha value is -0.380. The number of hydrogen-bond acceptors (Lipinski definition) is 3. The zero-order chi connectivity index (χ0) is 10.7. The number of anilines is 1. The molecule has 0 saturated heterocycles. The van der Waals surface area contributed by atoms with Crippen LogP contribution in [0.2, 0.25) is 5.02 Å². The predicted molar refractivity (Wildman–Crippen MR) is 68.1 cm³/mol. The molecule has 4 heteroatoms. The number of rotatable bonds is 3. The molecule has 82 valence electrons. The lowest BCUT2D eigenvalue weighted by molar-refractivity contribution is 0.658. The van der Waals surface area contributed by atoms with E-state index < -0.39 is 0 Å². The van der Waals surface area contributed by atoms with Crippen LogP contribution in [0.5, 0.6) is 0 Å². The minimum Gasteiger partial charge on any atom is -0.380 e. The van der Waals surface area contributed by atoms with E-state index in [-0.39, 0.29) is 0 Å². The predicted octanol–water partition coefficient (Wildman–Crippen LogP) is 2.84. The van der Waals surface area contributed by atoms with Crippen LogP contribution in [0.3, 0.4) is 0 Å². The second kappa shape index (κ2) is 5.10. The largest absolute Gasteiger partial charge is 0.380 e. The van der Waals surface area contributed by atoms with E-state index in [1.807, 2.05) is 30.9 Å². The van der Waals surface area contributed by atoms with Crippen LogP contribution in [0.15, 0.2) is 23.1 Å². The van der Waals surface area contributed by atoms with Crippen LogP contribution in [0.4, 0.5) is 5.69 Å². The first-order valence-electron chi connectivity index (χ1n) is 5.13. The minimum absolute atomic E-state index is 0.549. The summed E-state index contributed by atoms with van der Waals surface area (Å²) < 4.78 is 0. The molecular formula is C11H15ClN2S. The standard InChI is InChI=1S/C11H15ClN2S/c1-13-5-4-9-7-15-11-3-2-8(12)6-10(11)14-9/h2-3,6,9,13-14H,4-5,7H2,1H3. The van der Waals surface area contributed by atoms with Gasteiger partial charge in [0.1, 0.15) is 0 Å². The summed E-state index contributed by atoms with van der Waals surface area (Å²) in [6.45, 7) is 1.05. The highest BCUT2D eigenvalue weighted by molar-refractivity contribution is 7.99. The molecule has 15 heavy (non-hydrogen) atoms. The number of hydrogen-bond donors (Lipinski definition) is 2. The van der Waals surface area contributed by atoms with Crippen LogP contribution in [0, 0.1) is 0 Å². The van der Waals surface area contributed by atoms with Crippen molar-refractivity contribution in [3.05, 3.63) is 23.2 Å². The Labute approximate surface area is 99.8 Å². The summed E-state index contributed by atoms with van der Waals surface area (Å²) >= 11 is 7.87. The Morgan fingerprint density at radius 1 is 1.60 bits per heavy atom. The third kappa shape index (κ3) is 2.80. The number of nitrogens with one attached hydrogen (secondary N) is 2. The number of benzene rings is 1. The summed E-state index contributed by atoms with van der Waals surface area (Å²) in [6, 6.07) is 6.59. The van der Waals surface area contributed by atoms with Crippen molar-refractivity contribution in [2.75, 3.05) is 24.7 Å². The van der Waals surface area contributed by atoms with Gasteiger partial charge in [-0.1, -0.05) is 11.6 Å². The van der Waals surface area contributed by atoms with Crippen LogP contribution in [0.1, 0.15) is 6.42 Å². The smallest absolute Gasteiger partial charge is 0.0495 e. The van der Waals surface area contributed by atoms with Crippen LogP contribution < -0.4 is 10.6 Å². The third-order valence-corrected chi connectivity index (χ3v) is 3.96. The second-order valence-electron chi connectivity index (χ2n) is 3.68. The SMILES string of the molecule is CNCCC1CSc2ccc(Cl)cc2N1. The van der Waals surface area contributed by atoms with E-state index >= 15 is 0 Å². The number of thioether (sulfide) groups is 1. The highest BCUT2D eigenvalue weighted by atomic mass is 35.5. The van der Waals surface area contributed by atoms with Gasteiger partial charge in [0.15, 0.2) is 0 Å². The van der Waals surface area contributed by atoms with Gasteiger partial charge < -0.3 is 10.6 Å². The van der Waals surface area contributed by atoms with Gasteiger partial charge in [0.25, 0.3) is 0 Å². The van der Waals surface area contributed by atoms with Crippen molar-refractivity contribution in [3.8, 4) is 0 Å². The van der Waals surface area contributed by atoms with E-state index in [1.54, 1.807) is 0 Å². The molecule has 0 fully saturated rings. The first-order chi connectivity index (χ1) is 7.29. The molecule has 0 saturated carbocycles. The molecule has 2 N–H and O–H groups in total. The maximum atomic E-state index is 5.97. The summed E-state index contributed by atoms with van der Waals surface area (Å²) in [4.78, 5) is 1.31. The molecular weight excluding hydrogens is 228 g/mol. The van der Waals surface area contributed by atoms with Crippen LogP contribution >= 0.6 is 23.4 Å². The molecule has 1 aromatic rings. The zero-order valence-corrected chi connectivity index (χ0v) is 10.3. The number of fused-ring (bicyclic) bond motifs is 1. The molecule has 1 aliphatic rings. The van der Waals surface area contributed by atoms with E-state index in [1.165, 1.54) is 10.6 Å². The van der Waals surface area contributed by atoms with Crippen molar-refractivity contribution >= 4 is 29.1 Å². The van der Waals surface area contributed by atoms with E-state index in [4.69, 9.17) is 11.6 Å². The molecule has 1 atom stereocenters. The second-order valence-corrected chi connectivity index (χ2v) is 5.18. The molecule has 0 aromatic heterocycles. The molecule has 2 nitrogen and oxygen atoms in total. The summed E-state index contributed by atoms with van der Waals surface area (Å²) in [5.41, 5.74) is 1.18. The molecule has 2 rings (SSSR count). The molecule has 1 aliphatic heterocycles. The Balaban J connectivity index is 2.05. The Morgan fingerprint density at radius 2 is 2.47 bits per heavy atom. The van der Waals surface area contributed by atoms with E-state index in [0.717, 1.165) is 23.7 Å². The topological polar surface area (TPSA) is 24.1 Å². The molecule has 0 aliphatic carbocycles. The summed E-state index contributed by atoms with van der Waals surface area (Å²) in [7, 11) is 1.99. The van der Waals surface area contributed by atoms with Gasteiger partial charge in [-0.05, 0) is 38.2 Å². The van der Waals surface area contributed by atoms with E-state index in [9.17, 15) is 0 Å². The van der Waals surface area contributed by atoms with Crippen molar-refractivity contribution in [1.82, 2.24) is 5.32 Å². The Morgan fingerprint density at radius 3 is 3.27 bits per heavy atom. The zero-order valence-electron chi connectivity index (χ0n) is 8.72. The monoisotopic (exact) mass is 242 g/mol. The van der Waals surface area contributed by atoms with Crippen molar-refractivity contribution in [1.29, 1.82) is 0 Å². The van der Waals surface area contributed by atoms with E-state index in [2.05, 4.69) is 16.7 Å². The molecule has 0 radical (unpaired) electrons. The first-order valence-corrected chi connectivity index (χ1v) is 6.49. The highest BCUT2D eigenvalue weighted by Crippen LogP contribution is 2.35. The average molecular weight is 243 g/mol. The first kappa shape index (κ1) is 11.1. The molecule has 1 heterocycles. The lowest BCUT2D eigenvalue weighted by Crippen LogP contribution is -2.29. The van der Waals surface area contributed by atoms with Gasteiger partial charge in [-0.3, -0.25) is 0 Å². The normalized spacial score (nSPS) is 19.5. The van der Waals surface area contributed by atoms with Crippen molar-refractivity contribution < 1.29 is 0 Å². The number of halogens is 1. The Bertz CT molecular complexity index is 343. The highest BCUT2D eigenvalue weighted by Gasteiger charge is 2.17. The van der Waals surface area contributed by atoms with Gasteiger partial charge >= 0.3 is 0 Å². The molecule has 0 amide bonds. The quantitative estimate of drug-likeness (QED) is 0.853. The fraction of sp³-hybridized carbons (Fsp3) is 0.455. The summed E-state index contributed by atoms with van der Waals surface area (Å²) in [5.74, 6) is 1.14. The third-order valence-electron chi connectivity index (χ3n) is 2.48. The van der Waals surface area contributed by atoms with Crippen molar-refractivity contribution in [3.63, 3.8) is 0 Å². The summed E-state index contributed by atoms with van der Waals surface area (Å²) in [5, 5.41) is 7.50. The van der Waals surface area contributed by atoms with Gasteiger partial charge in [0.05, 0.1) is 0 Å². The van der Waals surface area contributed by atoms with Crippen LogP contribution in [-0.2, 0) is 0 Å². The minimum atomic E-state index is 0.549. The lowest BCUT2D eigenvalue weighted by Gasteiger charge is -2.26. The van der Waals surface area contributed by atoms with Gasteiger partial charge in [0.2, 0.25) is 0 Å². The fourth-order valence-corrected chi connectivity index (χ4v) is 2.91. The maximum Gasteiger partial charge on any atom is 0.0495 e. The van der Waals surface area contributed by atoms with Crippen LogP contribution in [0.25, 0.3) is 0 Å². The van der Waals surface area contributed by atoms with E-state index in [0.29, 0.717) is 6.04 Å². The van der Waals surface area contributed by atoms with Crippen molar-refractivity contribution in [2.24, 2.45) is 0 Å². The van der Waals surface area contributed by atoms with Gasteiger partial charge in [-0.25, -0.2) is 0 Å². The summed E-state index contributed by atoms with van der Waals surface area (Å²) in [6.07, 6.45) is 1.15.